The van der Waals surface area contributed by atoms with Crippen molar-refractivity contribution in [2.45, 2.75) is 0 Å². The summed E-state index contributed by atoms with van der Waals surface area (Å²) in [6, 6.07) is 2.17. The molecule has 1 amide bonds. The van der Waals surface area contributed by atoms with E-state index < -0.39 is 11.7 Å². The molecule has 6 heteroatoms. The molecular weight excluding hydrogens is 211 g/mol. The number of amides is 1. The predicted molar refractivity (Wildman–Crippen MR) is 50.6 cm³/mol. The van der Waals surface area contributed by atoms with Crippen molar-refractivity contribution in [3.05, 3.63) is 28.5 Å². The molecule has 0 aliphatic rings. The first-order valence-electron chi connectivity index (χ1n) is 3.64. The van der Waals surface area contributed by atoms with Crippen LogP contribution in [0.25, 0.3) is 0 Å². The van der Waals surface area contributed by atoms with E-state index in [4.69, 9.17) is 17.3 Å². The van der Waals surface area contributed by atoms with E-state index in [2.05, 4.69) is 10.3 Å². The third kappa shape index (κ3) is 2.12. The van der Waals surface area contributed by atoms with Crippen molar-refractivity contribution in [2.75, 3.05) is 12.6 Å². The number of carbonyl (C=O) groups excluding carboxylic acids is 1. The first kappa shape index (κ1) is 10.7. The summed E-state index contributed by atoms with van der Waals surface area (Å²) in [4.78, 5) is 15.3. The highest BCUT2D eigenvalue weighted by atomic mass is 35.5. The molecule has 0 heterocycles. The maximum Gasteiger partial charge on any atom is 0.251 e. The van der Waals surface area contributed by atoms with Crippen LogP contribution in [0.5, 0.6) is 0 Å². The lowest BCUT2D eigenvalue weighted by molar-refractivity contribution is 0.0996. The fourth-order valence-electron chi connectivity index (χ4n) is 0.926. The normalized spacial score (nSPS) is 9.93. The molecule has 0 saturated carbocycles. The molecule has 76 valence electrons. The molecule has 1 aromatic rings. The fraction of sp³-hybridized carbons (Fsp3) is 0.125. The number of nitrogens with one attached hydrogen (secondary N) is 1. The van der Waals surface area contributed by atoms with E-state index in [1.807, 2.05) is 0 Å². The van der Waals surface area contributed by atoms with Gasteiger partial charge in [-0.05, 0) is 12.1 Å². The Morgan fingerprint density at radius 1 is 1.64 bits per heavy atom. The average Bonchev–Trinajstić information content (AvgIpc) is 2.09. The molecular formula is C8H8ClFN2O2. The molecule has 0 saturated heterocycles. The van der Waals surface area contributed by atoms with Gasteiger partial charge in [-0.15, -0.1) is 0 Å². The fourth-order valence-corrected chi connectivity index (χ4v) is 1.11. The summed E-state index contributed by atoms with van der Waals surface area (Å²) in [6.07, 6.45) is 0. The lowest BCUT2D eigenvalue weighted by atomic mass is 10.2. The lowest BCUT2D eigenvalue weighted by Crippen LogP contribution is -2.13. The van der Waals surface area contributed by atoms with Gasteiger partial charge < -0.3 is 5.73 Å². The minimum Gasteiger partial charge on any atom is -0.366 e. The smallest absolute Gasteiger partial charge is 0.251 e. The molecule has 0 atom stereocenters. The molecule has 14 heavy (non-hydrogen) atoms. The number of primary amides is 1. The van der Waals surface area contributed by atoms with Gasteiger partial charge in [-0.2, -0.15) is 0 Å². The van der Waals surface area contributed by atoms with E-state index in [0.29, 0.717) is 0 Å². The Bertz CT molecular complexity index is 371. The number of anilines is 1. The van der Waals surface area contributed by atoms with Gasteiger partial charge in [0.1, 0.15) is 5.82 Å². The second-order valence-electron chi connectivity index (χ2n) is 2.48. The SMILES string of the molecule is CONc1cc(C(N)=O)c(F)cc1Cl. The summed E-state index contributed by atoms with van der Waals surface area (Å²) in [5, 5.41) is 0.106. The van der Waals surface area contributed by atoms with E-state index in [0.717, 1.165) is 6.07 Å². The van der Waals surface area contributed by atoms with Gasteiger partial charge in [-0.3, -0.25) is 15.1 Å². The van der Waals surface area contributed by atoms with E-state index in [1.54, 1.807) is 0 Å². The second-order valence-corrected chi connectivity index (χ2v) is 2.89. The molecule has 4 nitrogen and oxygen atoms in total. The quantitative estimate of drug-likeness (QED) is 0.757. The minimum atomic E-state index is -0.863. The second kappa shape index (κ2) is 4.26. The zero-order chi connectivity index (χ0) is 10.7. The van der Waals surface area contributed by atoms with Crippen molar-refractivity contribution in [3.8, 4) is 0 Å². The maximum absolute atomic E-state index is 13.1. The number of carbonyl (C=O) groups is 1. The Labute approximate surface area is 84.7 Å². The largest absolute Gasteiger partial charge is 0.366 e. The standard InChI is InChI=1S/C8H8ClFN2O2/c1-14-12-7-2-4(8(11)13)6(10)3-5(7)9/h2-3,12H,1H3,(H2,11,13). The Balaban J connectivity index is 3.20. The Kier molecular flexibility index (Phi) is 3.27. The van der Waals surface area contributed by atoms with Crippen LogP contribution in [0.3, 0.4) is 0 Å². The van der Waals surface area contributed by atoms with Gasteiger partial charge in [0.25, 0.3) is 5.91 Å². The van der Waals surface area contributed by atoms with Gasteiger partial charge in [0.05, 0.1) is 23.4 Å². The molecule has 0 aliphatic carbocycles. The molecule has 0 unspecified atom stereocenters. The van der Waals surface area contributed by atoms with Gasteiger partial charge in [-0.1, -0.05) is 11.6 Å². The number of hydrogen-bond donors (Lipinski definition) is 2. The third-order valence-corrected chi connectivity index (χ3v) is 1.85. The summed E-state index contributed by atoms with van der Waals surface area (Å²) in [5.41, 5.74) is 7.37. The van der Waals surface area contributed by atoms with Crippen LogP contribution < -0.4 is 11.2 Å². The van der Waals surface area contributed by atoms with Crippen molar-refractivity contribution < 1.29 is 14.0 Å². The van der Waals surface area contributed by atoms with Crippen LogP contribution in [0.2, 0.25) is 5.02 Å². The van der Waals surface area contributed by atoms with E-state index in [1.165, 1.54) is 13.2 Å². The van der Waals surface area contributed by atoms with Crippen LogP contribution >= 0.6 is 11.6 Å². The Hall–Kier alpha value is -1.33. The highest BCUT2D eigenvalue weighted by molar-refractivity contribution is 6.33. The lowest BCUT2D eigenvalue weighted by Gasteiger charge is -2.07. The first-order chi connectivity index (χ1) is 6.56. The van der Waals surface area contributed by atoms with Crippen LogP contribution in [-0.4, -0.2) is 13.0 Å². The zero-order valence-corrected chi connectivity index (χ0v) is 8.06. The molecule has 1 aromatic carbocycles. The summed E-state index contributed by atoms with van der Waals surface area (Å²) < 4.78 is 13.1. The highest BCUT2D eigenvalue weighted by Gasteiger charge is 2.12. The average molecular weight is 219 g/mol. The van der Waals surface area contributed by atoms with Gasteiger partial charge in [0.2, 0.25) is 0 Å². The van der Waals surface area contributed by atoms with E-state index in [-0.39, 0.29) is 16.3 Å². The number of halogens is 2. The summed E-state index contributed by atoms with van der Waals surface area (Å²) in [6.45, 7) is 0. The maximum atomic E-state index is 13.1. The van der Waals surface area contributed by atoms with Crippen LogP contribution in [0.1, 0.15) is 10.4 Å². The van der Waals surface area contributed by atoms with Gasteiger partial charge in [-0.25, -0.2) is 4.39 Å². The first-order valence-corrected chi connectivity index (χ1v) is 4.02. The predicted octanol–water partition coefficient (Wildman–Crippen LogP) is 1.55. The molecule has 0 fully saturated rings. The van der Waals surface area contributed by atoms with Gasteiger partial charge >= 0.3 is 0 Å². The monoisotopic (exact) mass is 218 g/mol. The topological polar surface area (TPSA) is 64.3 Å². The number of benzene rings is 1. The van der Waals surface area contributed by atoms with Crippen LogP contribution in [-0.2, 0) is 4.84 Å². The number of rotatable bonds is 3. The molecule has 0 bridgehead atoms. The minimum absolute atomic E-state index is 0.106. The summed E-state index contributed by atoms with van der Waals surface area (Å²) >= 11 is 5.65. The Morgan fingerprint density at radius 3 is 2.79 bits per heavy atom. The third-order valence-electron chi connectivity index (χ3n) is 1.53. The van der Waals surface area contributed by atoms with Gasteiger partial charge in [0, 0.05) is 0 Å². The van der Waals surface area contributed by atoms with Crippen LogP contribution in [0.4, 0.5) is 10.1 Å². The van der Waals surface area contributed by atoms with Gasteiger partial charge in [0.15, 0.2) is 0 Å². The summed E-state index contributed by atoms with van der Waals surface area (Å²) in [7, 11) is 1.36. The van der Waals surface area contributed by atoms with Crippen LogP contribution in [0, 0.1) is 5.82 Å². The van der Waals surface area contributed by atoms with Crippen molar-refractivity contribution in [3.63, 3.8) is 0 Å². The Morgan fingerprint density at radius 2 is 2.29 bits per heavy atom. The van der Waals surface area contributed by atoms with Crippen molar-refractivity contribution >= 4 is 23.2 Å². The molecule has 0 aromatic heterocycles. The molecule has 0 spiro atoms. The molecule has 1 rings (SSSR count). The number of hydrogen-bond acceptors (Lipinski definition) is 3. The van der Waals surface area contributed by atoms with Crippen molar-refractivity contribution in [1.82, 2.24) is 0 Å². The zero-order valence-electron chi connectivity index (χ0n) is 7.30. The molecule has 0 aliphatic heterocycles. The van der Waals surface area contributed by atoms with E-state index in [9.17, 15) is 9.18 Å². The van der Waals surface area contributed by atoms with Crippen molar-refractivity contribution in [1.29, 1.82) is 0 Å². The number of nitrogens with two attached hydrogens (primary N) is 1. The van der Waals surface area contributed by atoms with E-state index >= 15 is 0 Å². The van der Waals surface area contributed by atoms with Crippen LogP contribution in [0.15, 0.2) is 12.1 Å². The summed E-state index contributed by atoms with van der Waals surface area (Å²) in [5.74, 6) is -1.62. The molecule has 0 radical (unpaired) electrons. The van der Waals surface area contributed by atoms with Crippen molar-refractivity contribution in [2.24, 2.45) is 5.73 Å². The highest BCUT2D eigenvalue weighted by Crippen LogP contribution is 2.25. The molecule has 3 N–H and O–H groups in total.